The van der Waals surface area contributed by atoms with Crippen LogP contribution in [0.1, 0.15) is 44.0 Å². The lowest BCUT2D eigenvalue weighted by Gasteiger charge is -2.27. The molecule has 34 heavy (non-hydrogen) atoms. The Morgan fingerprint density at radius 3 is 2.85 bits per heavy atom. The summed E-state index contributed by atoms with van der Waals surface area (Å²) >= 11 is 0. The zero-order chi connectivity index (χ0) is 24.1. The van der Waals surface area contributed by atoms with E-state index in [9.17, 15) is 9.90 Å². The first-order valence-corrected chi connectivity index (χ1v) is 11.4. The van der Waals surface area contributed by atoms with E-state index in [0.717, 1.165) is 18.5 Å². The lowest BCUT2D eigenvalue weighted by atomic mass is 9.87. The smallest absolute Gasteiger partial charge is 0.306 e. The van der Waals surface area contributed by atoms with Crippen molar-refractivity contribution in [3.05, 3.63) is 41.9 Å². The first-order chi connectivity index (χ1) is 16.4. The van der Waals surface area contributed by atoms with Gasteiger partial charge in [-0.2, -0.15) is 0 Å². The van der Waals surface area contributed by atoms with Gasteiger partial charge in [0.2, 0.25) is 5.88 Å². The molecule has 3 heterocycles. The van der Waals surface area contributed by atoms with Gasteiger partial charge in [0.25, 0.3) is 0 Å². The third kappa shape index (κ3) is 5.44. The molecular formula is C24H29N5O5. The van der Waals surface area contributed by atoms with Crippen molar-refractivity contribution in [1.82, 2.24) is 25.0 Å². The molecule has 0 saturated heterocycles. The van der Waals surface area contributed by atoms with E-state index < -0.39 is 5.97 Å². The largest absolute Gasteiger partial charge is 0.494 e. The Balaban J connectivity index is 1.47. The monoisotopic (exact) mass is 467 g/mol. The van der Waals surface area contributed by atoms with Crippen molar-refractivity contribution in [3.8, 4) is 28.8 Å². The van der Waals surface area contributed by atoms with Gasteiger partial charge in [-0.05, 0) is 57.7 Å². The van der Waals surface area contributed by atoms with Gasteiger partial charge in [-0.25, -0.2) is 14.6 Å². The predicted octanol–water partition coefficient (Wildman–Crippen LogP) is 3.58. The second-order valence-corrected chi connectivity index (χ2v) is 8.28. The minimum atomic E-state index is -0.754. The second kappa shape index (κ2) is 10.5. The molecule has 2 atom stereocenters. The third-order valence-corrected chi connectivity index (χ3v) is 5.87. The molecule has 0 aromatic carbocycles. The maximum absolute atomic E-state index is 11.3. The Kier molecular flexibility index (Phi) is 7.24. The Bertz CT molecular complexity index is 1150. The Hall–Kier alpha value is -3.69. The van der Waals surface area contributed by atoms with Crippen molar-refractivity contribution in [2.75, 3.05) is 6.61 Å². The van der Waals surface area contributed by atoms with E-state index in [4.69, 9.17) is 14.2 Å². The average molecular weight is 468 g/mol. The van der Waals surface area contributed by atoms with Crippen molar-refractivity contribution in [2.45, 2.75) is 52.2 Å². The minimum absolute atomic E-state index is 0.123. The molecule has 0 amide bonds. The molecule has 0 aliphatic heterocycles. The van der Waals surface area contributed by atoms with Crippen LogP contribution >= 0.6 is 0 Å². The summed E-state index contributed by atoms with van der Waals surface area (Å²) in [5.41, 5.74) is 2.72. The van der Waals surface area contributed by atoms with Crippen LogP contribution in [0, 0.1) is 12.8 Å². The highest BCUT2D eigenvalue weighted by atomic mass is 16.5. The summed E-state index contributed by atoms with van der Waals surface area (Å²) in [5.74, 6) is 0.681. The highest BCUT2D eigenvalue weighted by Gasteiger charge is 2.28. The van der Waals surface area contributed by atoms with Crippen LogP contribution < -0.4 is 14.2 Å². The van der Waals surface area contributed by atoms with Crippen LogP contribution in [0.5, 0.6) is 17.4 Å². The molecule has 1 saturated carbocycles. The zero-order valence-corrected chi connectivity index (χ0v) is 19.6. The van der Waals surface area contributed by atoms with E-state index in [1.54, 1.807) is 30.1 Å². The SMILES string of the molecule is CCOc1ccnc(OCc2c(-c3ccc(O[C@H]4CCC[C@H](C(=O)O)C4)c(C)n3)nnn2C)c1. The lowest BCUT2D eigenvalue weighted by Crippen LogP contribution is -2.29. The molecule has 180 valence electrons. The second-order valence-electron chi connectivity index (χ2n) is 8.28. The van der Waals surface area contributed by atoms with E-state index in [1.807, 2.05) is 26.0 Å². The van der Waals surface area contributed by atoms with Gasteiger partial charge >= 0.3 is 5.97 Å². The van der Waals surface area contributed by atoms with Crippen molar-refractivity contribution in [2.24, 2.45) is 13.0 Å². The molecule has 3 aromatic rings. The van der Waals surface area contributed by atoms with Crippen LogP contribution in [0.3, 0.4) is 0 Å². The van der Waals surface area contributed by atoms with Crippen molar-refractivity contribution < 1.29 is 24.1 Å². The minimum Gasteiger partial charge on any atom is -0.494 e. The standard InChI is InChI=1S/C24H29N5O5/c1-4-32-17-10-11-25-22(13-17)33-14-20-23(27-28-29(20)3)19-8-9-21(15(2)26-19)34-18-7-5-6-16(12-18)24(30)31/h8-11,13,16,18H,4-7,12,14H2,1-3H3,(H,30,31)/t16-,18-/m0/s1. The normalized spacial score (nSPS) is 17.9. The molecule has 4 rings (SSSR count). The van der Waals surface area contributed by atoms with Crippen LogP contribution in [0.15, 0.2) is 30.5 Å². The Labute approximate surface area is 197 Å². The third-order valence-electron chi connectivity index (χ3n) is 5.87. The summed E-state index contributed by atoms with van der Waals surface area (Å²) < 4.78 is 19.1. The molecule has 0 bridgehead atoms. The predicted molar refractivity (Wildman–Crippen MR) is 123 cm³/mol. The van der Waals surface area contributed by atoms with Crippen LogP contribution in [-0.4, -0.2) is 48.7 Å². The van der Waals surface area contributed by atoms with Gasteiger partial charge in [0, 0.05) is 19.3 Å². The van der Waals surface area contributed by atoms with Gasteiger partial charge in [-0.15, -0.1) is 5.10 Å². The number of aromatic nitrogens is 5. The van der Waals surface area contributed by atoms with E-state index in [1.165, 1.54) is 0 Å². The maximum Gasteiger partial charge on any atom is 0.306 e. The van der Waals surface area contributed by atoms with Crippen LogP contribution in [-0.2, 0) is 18.4 Å². The van der Waals surface area contributed by atoms with Crippen LogP contribution in [0.25, 0.3) is 11.4 Å². The number of pyridine rings is 2. The first kappa shape index (κ1) is 23.5. The maximum atomic E-state index is 11.3. The molecule has 1 N–H and O–H groups in total. The van der Waals surface area contributed by atoms with Gasteiger partial charge < -0.3 is 19.3 Å². The van der Waals surface area contributed by atoms with Crippen molar-refractivity contribution in [1.29, 1.82) is 0 Å². The van der Waals surface area contributed by atoms with E-state index in [2.05, 4.69) is 20.3 Å². The fourth-order valence-electron chi connectivity index (χ4n) is 4.07. The number of carboxylic acids is 1. The fraction of sp³-hybridized carbons (Fsp3) is 0.458. The molecular weight excluding hydrogens is 438 g/mol. The molecule has 3 aromatic heterocycles. The quantitative estimate of drug-likeness (QED) is 0.503. The highest BCUT2D eigenvalue weighted by Crippen LogP contribution is 2.30. The Morgan fingerprint density at radius 1 is 1.24 bits per heavy atom. The zero-order valence-electron chi connectivity index (χ0n) is 19.6. The van der Waals surface area contributed by atoms with Gasteiger partial charge in [0.1, 0.15) is 29.5 Å². The number of nitrogens with zero attached hydrogens (tertiary/aromatic N) is 5. The van der Waals surface area contributed by atoms with Gasteiger partial charge in [0.15, 0.2) is 0 Å². The Morgan fingerprint density at radius 2 is 2.09 bits per heavy atom. The number of aliphatic carboxylic acids is 1. The molecule has 1 aliphatic carbocycles. The number of hydrogen-bond acceptors (Lipinski definition) is 8. The van der Waals surface area contributed by atoms with Crippen molar-refractivity contribution in [3.63, 3.8) is 0 Å². The van der Waals surface area contributed by atoms with Gasteiger partial charge in [-0.1, -0.05) is 5.21 Å². The topological polar surface area (TPSA) is 121 Å². The number of aryl methyl sites for hydroxylation is 2. The number of carboxylic acid groups (broad SMARTS) is 1. The molecule has 1 aliphatic rings. The molecule has 1 fully saturated rings. The molecule has 10 heteroatoms. The number of hydrogen-bond donors (Lipinski definition) is 1. The fourth-order valence-corrected chi connectivity index (χ4v) is 4.07. The summed E-state index contributed by atoms with van der Waals surface area (Å²) in [5, 5.41) is 17.7. The van der Waals surface area contributed by atoms with Gasteiger partial charge in [0.05, 0.1) is 30.0 Å². The van der Waals surface area contributed by atoms with Crippen molar-refractivity contribution >= 4 is 5.97 Å². The number of ether oxygens (including phenoxy) is 3. The van der Waals surface area contributed by atoms with E-state index in [0.29, 0.717) is 53.9 Å². The molecule has 0 unspecified atom stereocenters. The first-order valence-electron chi connectivity index (χ1n) is 11.4. The molecule has 10 nitrogen and oxygen atoms in total. The van der Waals surface area contributed by atoms with E-state index in [-0.39, 0.29) is 18.6 Å². The highest BCUT2D eigenvalue weighted by molar-refractivity contribution is 5.70. The summed E-state index contributed by atoms with van der Waals surface area (Å²) in [7, 11) is 1.80. The summed E-state index contributed by atoms with van der Waals surface area (Å²) in [4.78, 5) is 20.3. The van der Waals surface area contributed by atoms with E-state index >= 15 is 0 Å². The lowest BCUT2D eigenvalue weighted by molar-refractivity contribution is -0.143. The molecule has 0 spiro atoms. The summed E-state index contributed by atoms with van der Waals surface area (Å²) in [6, 6.07) is 7.20. The van der Waals surface area contributed by atoms with Gasteiger partial charge in [-0.3, -0.25) is 4.79 Å². The summed E-state index contributed by atoms with van der Waals surface area (Å²) in [6.45, 7) is 4.55. The number of rotatable bonds is 9. The summed E-state index contributed by atoms with van der Waals surface area (Å²) in [6.07, 6.45) is 4.42. The molecule has 0 radical (unpaired) electrons. The van der Waals surface area contributed by atoms with Crippen LogP contribution in [0.4, 0.5) is 0 Å². The number of carbonyl (C=O) groups is 1. The van der Waals surface area contributed by atoms with Crippen LogP contribution in [0.2, 0.25) is 0 Å². The average Bonchev–Trinajstić information content (AvgIpc) is 3.20.